The van der Waals surface area contributed by atoms with E-state index in [1.165, 1.54) is 27.7 Å². The van der Waals surface area contributed by atoms with E-state index in [2.05, 4.69) is 0 Å². The minimum Gasteiger partial charge on any atom is -0.854 e. The molecule has 6 nitrogen and oxygen atoms in total. The first kappa shape index (κ1) is 35.4. The molecule has 25 heavy (non-hydrogen) atoms. The monoisotopic (exact) mass is 434 g/mol. The third-order valence-corrected chi connectivity index (χ3v) is 1.81. The number of ketones is 4. The van der Waals surface area contributed by atoms with Gasteiger partial charge in [-0.15, -0.1) is 13.2 Å². The van der Waals surface area contributed by atoms with Crippen molar-refractivity contribution in [3.63, 3.8) is 0 Å². The molecule has 7 heteroatoms. The Morgan fingerprint density at radius 1 is 0.640 bits per heavy atom. The van der Waals surface area contributed by atoms with Gasteiger partial charge in [-0.25, -0.2) is 0 Å². The fourth-order valence-corrected chi connectivity index (χ4v) is 0.861. The van der Waals surface area contributed by atoms with Gasteiger partial charge in [0.2, 0.25) is 0 Å². The van der Waals surface area contributed by atoms with Crippen molar-refractivity contribution in [3.8, 4) is 0 Å². The van der Waals surface area contributed by atoms with E-state index < -0.39 is 0 Å². The summed E-state index contributed by atoms with van der Waals surface area (Å²) in [5.74, 6) is -0.750. The van der Waals surface area contributed by atoms with Crippen molar-refractivity contribution >= 4 is 23.1 Å². The van der Waals surface area contributed by atoms with E-state index in [0.29, 0.717) is 0 Å². The Hall–Kier alpha value is -0.777. The molecule has 0 amide bonds. The molecule has 0 aromatic carbocycles. The molecule has 0 fully saturated rings. The molecule has 0 atom stereocenters. The van der Waals surface area contributed by atoms with Crippen molar-refractivity contribution in [1.29, 1.82) is 0 Å². The topological polar surface area (TPSA) is 114 Å². The van der Waals surface area contributed by atoms with E-state index in [0.717, 1.165) is 38.5 Å². The van der Waals surface area contributed by atoms with Crippen molar-refractivity contribution in [2.75, 3.05) is 13.2 Å². The maximum absolute atomic E-state index is 9.98. The summed E-state index contributed by atoms with van der Waals surface area (Å²) in [5.41, 5.74) is 0. The molecule has 0 bridgehead atoms. The Morgan fingerprint density at radius 2 is 0.840 bits per heavy atom. The molecule has 0 spiro atoms. The minimum atomic E-state index is -0.187. The van der Waals surface area contributed by atoms with Crippen LogP contribution < -0.4 is 10.2 Å². The van der Waals surface area contributed by atoms with E-state index in [1.807, 2.05) is 13.8 Å². The standard InChI is InChI=1S/2C5H7O2.2C4H9O.Zr/c2*1-4(6)3-5(2)7;2*1-2-3-4-5;/h2*3H,1-2H3;2*2-4H2,1H3;/q4*-1;+4. The van der Waals surface area contributed by atoms with Gasteiger partial charge in [-0.1, -0.05) is 39.5 Å². The van der Waals surface area contributed by atoms with Gasteiger partial charge in [0.05, 0.1) is 0 Å². The van der Waals surface area contributed by atoms with Gasteiger partial charge in [0.15, 0.2) is 0 Å². The predicted octanol–water partition coefficient (Wildman–Crippen LogP) is 1.03. The van der Waals surface area contributed by atoms with E-state index in [9.17, 15) is 29.4 Å². The van der Waals surface area contributed by atoms with E-state index in [4.69, 9.17) is 0 Å². The van der Waals surface area contributed by atoms with Crippen molar-refractivity contribution in [3.05, 3.63) is 12.8 Å². The fourth-order valence-electron chi connectivity index (χ4n) is 0.861. The maximum atomic E-state index is 9.98. The molecule has 0 saturated heterocycles. The van der Waals surface area contributed by atoms with Crippen LogP contribution >= 0.6 is 0 Å². The predicted molar refractivity (Wildman–Crippen MR) is 90.9 cm³/mol. The van der Waals surface area contributed by atoms with E-state index in [-0.39, 0.29) is 62.6 Å². The summed E-state index contributed by atoms with van der Waals surface area (Å²) in [4.78, 5) is 39.9. The summed E-state index contributed by atoms with van der Waals surface area (Å²) >= 11 is 0. The average molecular weight is 436 g/mol. The molecule has 0 heterocycles. The molecule has 144 valence electrons. The Labute approximate surface area is 171 Å². The van der Waals surface area contributed by atoms with Gasteiger partial charge in [-0.2, -0.15) is 0 Å². The van der Waals surface area contributed by atoms with Gasteiger partial charge >= 0.3 is 26.2 Å². The molecule has 0 saturated carbocycles. The second-order valence-electron chi connectivity index (χ2n) is 4.85. The number of hydrogen-bond acceptors (Lipinski definition) is 6. The summed E-state index contributed by atoms with van der Waals surface area (Å²) in [6.07, 6.45) is 5.84. The molecular formula is C18H32O6Zr. The van der Waals surface area contributed by atoms with Crippen molar-refractivity contribution in [2.24, 2.45) is 0 Å². The Morgan fingerprint density at radius 3 is 0.840 bits per heavy atom. The molecule has 0 aromatic rings. The second-order valence-corrected chi connectivity index (χ2v) is 4.85. The molecule has 0 aliphatic carbocycles. The normalized spacial score (nSPS) is 7.68. The van der Waals surface area contributed by atoms with Crippen LogP contribution in [0, 0.1) is 12.8 Å². The molecule has 0 radical (unpaired) electrons. The summed E-state index contributed by atoms with van der Waals surface area (Å²) in [7, 11) is 0. The quantitative estimate of drug-likeness (QED) is 0.415. The van der Waals surface area contributed by atoms with Gasteiger partial charge in [-0.05, 0) is 27.7 Å². The molecular weight excluding hydrogens is 403 g/mol. The first-order chi connectivity index (χ1) is 11.1. The summed E-state index contributed by atoms with van der Waals surface area (Å²) in [5, 5.41) is 19.1. The smallest absolute Gasteiger partial charge is 0.854 e. The van der Waals surface area contributed by atoms with Crippen LogP contribution in [0.5, 0.6) is 0 Å². The average Bonchev–Trinajstić information content (AvgIpc) is 2.39. The van der Waals surface area contributed by atoms with Gasteiger partial charge in [0.25, 0.3) is 0 Å². The molecule has 0 rings (SSSR count). The van der Waals surface area contributed by atoms with Crippen LogP contribution in [0.4, 0.5) is 0 Å². The summed E-state index contributed by atoms with van der Waals surface area (Å²) in [6, 6.07) is 0. The number of carbonyl (C=O) groups is 4. The SMILES string of the molecule is CC(=O)[CH-]C(C)=O.CC(=O)[CH-]C(C)=O.CCCC[O-].CCCC[O-].[Zr+4]. The first-order valence-corrected chi connectivity index (χ1v) is 7.96. The zero-order chi connectivity index (χ0) is 20.0. The fraction of sp³-hybridized carbons (Fsp3) is 0.667. The van der Waals surface area contributed by atoms with Crippen LogP contribution in [0.2, 0.25) is 0 Å². The zero-order valence-electron chi connectivity index (χ0n) is 16.3. The van der Waals surface area contributed by atoms with Gasteiger partial charge < -0.3 is 29.4 Å². The number of rotatable bonds is 8. The largest absolute Gasteiger partial charge is 4.00 e. The zero-order valence-corrected chi connectivity index (χ0v) is 18.8. The molecule has 0 aromatic heterocycles. The molecule has 0 unspecified atom stereocenters. The second kappa shape index (κ2) is 31.0. The number of unbranched alkanes of at least 4 members (excludes halogenated alkanes) is 2. The van der Waals surface area contributed by atoms with E-state index >= 15 is 0 Å². The van der Waals surface area contributed by atoms with Crippen molar-refractivity contribution in [2.45, 2.75) is 67.2 Å². The van der Waals surface area contributed by atoms with Crippen LogP contribution in [0.3, 0.4) is 0 Å². The van der Waals surface area contributed by atoms with Gasteiger partial charge in [0.1, 0.15) is 0 Å². The van der Waals surface area contributed by atoms with Crippen LogP contribution in [-0.4, -0.2) is 36.3 Å². The van der Waals surface area contributed by atoms with Crippen LogP contribution in [0.25, 0.3) is 0 Å². The summed E-state index contributed by atoms with van der Waals surface area (Å²) < 4.78 is 0. The molecule has 0 aliphatic rings. The Bertz CT molecular complexity index is 270. The number of Topliss-reactive ketones (excluding diaryl/α,β-unsaturated/α-hetero) is 4. The maximum Gasteiger partial charge on any atom is 4.00 e. The molecule has 0 aliphatic heterocycles. The molecule has 0 N–H and O–H groups in total. The van der Waals surface area contributed by atoms with Crippen LogP contribution in [0.1, 0.15) is 67.2 Å². The van der Waals surface area contributed by atoms with Gasteiger partial charge in [-0.3, -0.25) is 12.8 Å². The third kappa shape index (κ3) is 83.0. The Balaban J connectivity index is -0.0000000711. The van der Waals surface area contributed by atoms with Crippen LogP contribution in [-0.2, 0) is 45.4 Å². The number of carbonyl (C=O) groups excluding carboxylic acids is 4. The third-order valence-electron chi connectivity index (χ3n) is 1.81. The summed E-state index contributed by atoms with van der Waals surface area (Å²) in [6.45, 7) is 9.61. The Kier molecular flexibility index (Phi) is 43.9. The van der Waals surface area contributed by atoms with E-state index in [1.54, 1.807) is 0 Å². The minimum absolute atomic E-state index is 0. The van der Waals surface area contributed by atoms with Crippen LogP contribution in [0.15, 0.2) is 0 Å². The number of hydrogen-bond donors (Lipinski definition) is 0. The van der Waals surface area contributed by atoms with Crippen molar-refractivity contribution in [1.82, 2.24) is 0 Å². The van der Waals surface area contributed by atoms with Crippen molar-refractivity contribution < 1.29 is 55.6 Å². The first-order valence-electron chi connectivity index (χ1n) is 7.96. The van der Waals surface area contributed by atoms with Gasteiger partial charge in [0, 0.05) is 23.1 Å².